The molecular weight excluding hydrogens is 1020 g/mol. The van der Waals surface area contributed by atoms with Crippen LogP contribution in [0, 0.1) is 17.6 Å². The summed E-state index contributed by atoms with van der Waals surface area (Å²) in [7, 11) is 5.41. The quantitative estimate of drug-likeness (QED) is 0.0566. The third-order valence-corrected chi connectivity index (χ3v) is 13.7. The number of rotatable bonds is 21. The molecule has 7 rings (SSSR count). The van der Waals surface area contributed by atoms with Crippen LogP contribution in [0.1, 0.15) is 57.9 Å². The van der Waals surface area contributed by atoms with E-state index in [9.17, 15) is 38.3 Å². The van der Waals surface area contributed by atoms with E-state index in [4.69, 9.17) is 40.4 Å². The van der Waals surface area contributed by atoms with E-state index >= 15 is 4.39 Å². The molecule has 2 aromatic heterocycles. The summed E-state index contributed by atoms with van der Waals surface area (Å²) in [6.07, 6.45) is 1.56. The van der Waals surface area contributed by atoms with Gasteiger partial charge in [-0.25, -0.2) is 8.78 Å². The van der Waals surface area contributed by atoms with Crippen molar-refractivity contribution in [2.24, 2.45) is 17.4 Å². The van der Waals surface area contributed by atoms with Gasteiger partial charge in [0.05, 0.1) is 52.9 Å². The first-order valence-corrected chi connectivity index (χ1v) is 24.7. The molecule has 1 aliphatic heterocycles. The molecule has 6 amide bonds. The number of amides is 6. The number of likely N-dealkylation sites (N-methyl/N-ethyl adjacent to an activating group) is 1. The fourth-order valence-corrected chi connectivity index (χ4v) is 9.64. The lowest BCUT2D eigenvalue weighted by molar-refractivity contribution is -0.139. The third kappa shape index (κ3) is 13.0. The maximum absolute atomic E-state index is 16.4. The number of fused-ring (bicyclic) bond motifs is 2. The number of nitrogens with two attached hydrogens (primary N) is 3. The van der Waals surface area contributed by atoms with E-state index in [0.29, 0.717) is 33.2 Å². The number of benzene rings is 4. The summed E-state index contributed by atoms with van der Waals surface area (Å²) in [5.74, 6) is -5.65. The molecule has 1 fully saturated rings. The zero-order valence-corrected chi connectivity index (χ0v) is 43.3. The number of hydrogen-bond acceptors (Lipinski definition) is 12. The Balaban J connectivity index is 1.16. The second-order valence-electron chi connectivity index (χ2n) is 19.0. The zero-order chi connectivity index (χ0) is 54.4. The Kier molecular flexibility index (Phi) is 17.7. The Hall–Kier alpha value is -7.24. The number of carbonyl (C=O) groups is 6. The number of anilines is 1. The summed E-state index contributed by atoms with van der Waals surface area (Å²) in [4.78, 5) is 87.6. The van der Waals surface area contributed by atoms with Gasteiger partial charge in [-0.05, 0) is 114 Å². The smallest absolute Gasteiger partial charge is 0.269 e. The number of nitrogens with zero attached hydrogens (tertiary/aromatic N) is 8. The number of nitrogens with one attached hydrogen (secondary N) is 2. The molecule has 0 bridgehead atoms. The van der Waals surface area contributed by atoms with Crippen LogP contribution in [0.4, 0.5) is 14.5 Å². The molecule has 1 saturated heterocycles. The van der Waals surface area contributed by atoms with Gasteiger partial charge in [-0.1, -0.05) is 47.5 Å². The van der Waals surface area contributed by atoms with Crippen molar-refractivity contribution < 1.29 is 42.7 Å². The molecule has 75 heavy (non-hydrogen) atoms. The number of likely N-dealkylation sites (tertiary alicyclic amines) is 1. The summed E-state index contributed by atoms with van der Waals surface area (Å²) >= 11 is 12.6. The second kappa shape index (κ2) is 24.0. The number of aromatic nitrogens is 4. The van der Waals surface area contributed by atoms with E-state index in [1.165, 1.54) is 51.5 Å². The molecule has 6 aromatic rings. The lowest BCUT2D eigenvalue weighted by atomic mass is 9.95. The maximum atomic E-state index is 16.4. The minimum atomic E-state index is -1.10. The Morgan fingerprint density at radius 3 is 2.17 bits per heavy atom. The Morgan fingerprint density at radius 2 is 1.49 bits per heavy atom. The normalized spacial score (nSPS) is 14.0. The fourth-order valence-electron chi connectivity index (χ4n) is 9.22. The highest BCUT2D eigenvalue weighted by atomic mass is 35.5. The van der Waals surface area contributed by atoms with Crippen LogP contribution in [0.15, 0.2) is 66.7 Å². The molecule has 2 atom stereocenters. The molecule has 20 nitrogen and oxygen atoms in total. The van der Waals surface area contributed by atoms with Crippen LogP contribution >= 0.6 is 23.2 Å². The molecule has 0 spiro atoms. The molecule has 398 valence electrons. The number of aliphatic hydroxyl groups is 1. The summed E-state index contributed by atoms with van der Waals surface area (Å²) in [6.45, 7) is 0.901. The number of halogens is 4. The van der Waals surface area contributed by atoms with Crippen molar-refractivity contribution in [3.05, 3.63) is 111 Å². The highest BCUT2D eigenvalue weighted by molar-refractivity contribution is 6.31. The van der Waals surface area contributed by atoms with Gasteiger partial charge in [0.25, 0.3) is 11.8 Å². The molecule has 0 radical (unpaired) electrons. The first-order chi connectivity index (χ1) is 35.6. The molecular formula is C51H59Cl2F2N13O7. The molecule has 24 heteroatoms. The van der Waals surface area contributed by atoms with Gasteiger partial charge in [0.2, 0.25) is 23.6 Å². The van der Waals surface area contributed by atoms with Crippen LogP contribution in [-0.2, 0) is 38.8 Å². The first kappa shape index (κ1) is 55.5. The number of primary amides is 2. The topological polar surface area (TPSA) is 273 Å². The van der Waals surface area contributed by atoms with Crippen LogP contribution in [0.5, 0.6) is 0 Å². The Bertz CT molecular complexity index is 3160. The van der Waals surface area contributed by atoms with E-state index in [2.05, 4.69) is 25.7 Å². The predicted octanol–water partition coefficient (Wildman–Crippen LogP) is 3.53. The van der Waals surface area contributed by atoms with Crippen LogP contribution in [0.2, 0.25) is 10.0 Å². The van der Waals surface area contributed by atoms with Crippen molar-refractivity contribution >= 4 is 86.1 Å². The second-order valence-corrected chi connectivity index (χ2v) is 19.8. The summed E-state index contributed by atoms with van der Waals surface area (Å²) in [5, 5.41) is 24.5. The van der Waals surface area contributed by atoms with Crippen molar-refractivity contribution in [2.75, 3.05) is 72.8 Å². The molecule has 4 aromatic carbocycles. The number of nitrogen functional groups attached to an aromatic ring is 1. The minimum Gasteiger partial charge on any atom is -0.399 e. The van der Waals surface area contributed by atoms with Gasteiger partial charge in [0.1, 0.15) is 24.7 Å². The molecule has 3 heterocycles. The third-order valence-electron chi connectivity index (χ3n) is 13.2. The zero-order valence-electron chi connectivity index (χ0n) is 41.8. The average Bonchev–Trinajstić information content (AvgIpc) is 3.92. The van der Waals surface area contributed by atoms with Gasteiger partial charge in [0, 0.05) is 47.2 Å². The SMILES string of the molecule is C[C@H](CO)N(CC(=O)N[C@H](CN(C)C)c1cc(-c2cccc3c2c(C(N)=O)nn3CC(=O)N(CC(=O)NCc2cccc(Cl)c2F)CC2CCN(C)CC2)cc(Cl)c1F)C(=O)Cn1nc(C(N)=O)c2cc(N)ccc21. The lowest BCUT2D eigenvalue weighted by Gasteiger charge is -2.33. The standard InChI is InChI=1S/C51H59Cl2F2N13O7/c1-28(27-69)66(44(73)26-67-39-12-11-32(56)19-35(39)48(61-67)50(57)74)24-42(71)60-38(22-63(2)3)34-17-31(18-37(53)47(34)55)33-8-6-10-40-45(33)49(51(58)75)62-68(40)25-43(72)65(21-29-13-15-64(4)16-14-29)23-41(70)59-20-30-7-5-9-36(52)46(30)54/h5-12,17-19,28-29,38,69H,13-16,20-27,56H2,1-4H3,(H2,57,74)(H2,58,75)(H,59,70)(H,60,71)/t28-,38-/m1/s1. The van der Waals surface area contributed by atoms with Crippen molar-refractivity contribution in [1.82, 2.24) is 49.8 Å². The van der Waals surface area contributed by atoms with Gasteiger partial charge in [-0.15, -0.1) is 0 Å². The van der Waals surface area contributed by atoms with E-state index in [0.717, 1.165) is 30.8 Å². The van der Waals surface area contributed by atoms with Gasteiger partial charge >= 0.3 is 0 Å². The number of carbonyl (C=O) groups excluding carboxylic acids is 6. The minimum absolute atomic E-state index is 0.0323. The largest absolute Gasteiger partial charge is 0.399 e. The number of aliphatic hydroxyl groups excluding tert-OH is 1. The van der Waals surface area contributed by atoms with Crippen LogP contribution < -0.4 is 27.8 Å². The van der Waals surface area contributed by atoms with Gasteiger partial charge in [0.15, 0.2) is 11.4 Å². The van der Waals surface area contributed by atoms with E-state index in [-0.39, 0.29) is 70.0 Å². The maximum Gasteiger partial charge on any atom is 0.269 e. The van der Waals surface area contributed by atoms with E-state index < -0.39 is 85.4 Å². The van der Waals surface area contributed by atoms with Crippen LogP contribution in [0.25, 0.3) is 32.9 Å². The van der Waals surface area contributed by atoms with E-state index in [1.54, 1.807) is 55.4 Å². The van der Waals surface area contributed by atoms with Crippen LogP contribution in [0.3, 0.4) is 0 Å². The predicted molar refractivity (Wildman–Crippen MR) is 279 cm³/mol. The number of piperidine rings is 1. The molecule has 0 aliphatic carbocycles. The van der Waals surface area contributed by atoms with Crippen molar-refractivity contribution in [3.63, 3.8) is 0 Å². The van der Waals surface area contributed by atoms with E-state index in [1.807, 2.05) is 7.05 Å². The fraction of sp³-hybridized carbons (Fsp3) is 0.373. The van der Waals surface area contributed by atoms with Gasteiger partial charge in [-0.2, -0.15) is 10.2 Å². The number of hydrogen-bond donors (Lipinski definition) is 6. The summed E-state index contributed by atoms with van der Waals surface area (Å²) in [5.41, 5.74) is 18.9. The van der Waals surface area contributed by atoms with Crippen molar-refractivity contribution in [3.8, 4) is 11.1 Å². The highest BCUT2D eigenvalue weighted by Crippen LogP contribution is 2.37. The van der Waals surface area contributed by atoms with Gasteiger partial charge in [-0.3, -0.25) is 38.1 Å². The lowest BCUT2D eigenvalue weighted by Crippen LogP contribution is -2.49. The molecule has 9 N–H and O–H groups in total. The monoisotopic (exact) mass is 1070 g/mol. The average molecular weight is 1080 g/mol. The van der Waals surface area contributed by atoms with Gasteiger partial charge < -0.3 is 52.5 Å². The Labute approximate surface area is 440 Å². The first-order valence-electron chi connectivity index (χ1n) is 24.0. The molecule has 0 unspecified atom stereocenters. The van der Waals surface area contributed by atoms with Crippen molar-refractivity contribution in [1.29, 1.82) is 0 Å². The van der Waals surface area contributed by atoms with Crippen LogP contribution in [-0.4, -0.2) is 153 Å². The molecule has 1 aliphatic rings. The Morgan fingerprint density at radius 1 is 0.827 bits per heavy atom. The summed E-state index contributed by atoms with van der Waals surface area (Å²) in [6, 6.07) is 14.8. The van der Waals surface area contributed by atoms with Crippen molar-refractivity contribution in [2.45, 2.75) is 51.5 Å². The highest BCUT2D eigenvalue weighted by Gasteiger charge is 2.30. The molecule has 0 saturated carbocycles. The summed E-state index contributed by atoms with van der Waals surface area (Å²) < 4.78 is 33.7.